The monoisotopic (exact) mass is 338 g/mol. The van der Waals surface area contributed by atoms with Crippen LogP contribution in [0.25, 0.3) is 6.08 Å². The van der Waals surface area contributed by atoms with Crippen molar-refractivity contribution in [3.8, 4) is 5.75 Å². The van der Waals surface area contributed by atoms with Crippen LogP contribution in [-0.2, 0) is 16.1 Å². The molecule has 0 unspecified atom stereocenters. The van der Waals surface area contributed by atoms with Gasteiger partial charge in [0.25, 0.3) is 11.8 Å². The fourth-order valence-corrected chi connectivity index (χ4v) is 2.58. The molecule has 0 radical (unpaired) electrons. The first-order valence-electron chi connectivity index (χ1n) is 7.82. The topological polar surface area (TPSA) is 78.9 Å². The van der Waals surface area contributed by atoms with Crippen LogP contribution >= 0.6 is 0 Å². The lowest BCUT2D eigenvalue weighted by Crippen LogP contribution is -2.38. The van der Waals surface area contributed by atoms with Gasteiger partial charge in [-0.05, 0) is 36.3 Å². The molecule has 0 bridgehead atoms. The van der Waals surface area contributed by atoms with E-state index in [0.717, 1.165) is 16.7 Å². The number of carbonyl (C=O) groups excluding carboxylic acids is 2. The minimum Gasteiger partial charge on any atom is -0.482 e. The van der Waals surface area contributed by atoms with Crippen molar-refractivity contribution in [3.05, 3.63) is 65.2 Å². The van der Waals surface area contributed by atoms with E-state index in [0.29, 0.717) is 18.0 Å². The van der Waals surface area contributed by atoms with Gasteiger partial charge in [0.2, 0.25) is 0 Å². The van der Waals surface area contributed by atoms with Crippen LogP contribution in [0.1, 0.15) is 16.7 Å². The Kier molecular flexibility index (Phi) is 4.81. The van der Waals surface area contributed by atoms with Crippen LogP contribution in [0, 0.1) is 6.92 Å². The van der Waals surface area contributed by atoms with E-state index in [1.54, 1.807) is 29.2 Å². The van der Waals surface area contributed by atoms with E-state index in [9.17, 15) is 9.59 Å². The van der Waals surface area contributed by atoms with Crippen molar-refractivity contribution in [1.82, 2.24) is 5.48 Å². The summed E-state index contributed by atoms with van der Waals surface area (Å²) >= 11 is 0. The summed E-state index contributed by atoms with van der Waals surface area (Å²) in [6.07, 6.45) is 2.76. The molecule has 1 heterocycles. The number of amides is 2. The summed E-state index contributed by atoms with van der Waals surface area (Å²) in [5, 5.41) is 8.54. The first-order chi connectivity index (χ1) is 12.1. The van der Waals surface area contributed by atoms with Crippen molar-refractivity contribution in [3.63, 3.8) is 0 Å². The smallest absolute Gasteiger partial charge is 0.267 e. The van der Waals surface area contributed by atoms with E-state index in [1.807, 2.05) is 31.2 Å². The van der Waals surface area contributed by atoms with E-state index in [4.69, 9.17) is 9.94 Å². The van der Waals surface area contributed by atoms with Crippen molar-refractivity contribution in [1.29, 1.82) is 0 Å². The van der Waals surface area contributed by atoms with Gasteiger partial charge in [-0.25, -0.2) is 5.48 Å². The van der Waals surface area contributed by atoms with Gasteiger partial charge in [-0.2, -0.15) is 0 Å². The van der Waals surface area contributed by atoms with Gasteiger partial charge in [-0.3, -0.25) is 14.8 Å². The highest BCUT2D eigenvalue weighted by Gasteiger charge is 2.25. The molecular formula is C19H18N2O4. The van der Waals surface area contributed by atoms with Crippen molar-refractivity contribution in [2.24, 2.45) is 0 Å². The molecule has 128 valence electrons. The number of rotatable bonds is 4. The van der Waals surface area contributed by atoms with Crippen molar-refractivity contribution >= 4 is 23.6 Å². The van der Waals surface area contributed by atoms with Gasteiger partial charge < -0.3 is 9.64 Å². The summed E-state index contributed by atoms with van der Waals surface area (Å²) in [5.74, 6) is -0.126. The number of hydroxylamine groups is 1. The lowest BCUT2D eigenvalue weighted by Gasteiger charge is -2.29. The summed E-state index contributed by atoms with van der Waals surface area (Å²) in [5.41, 5.74) is 5.09. The number of benzene rings is 2. The SMILES string of the molecule is Cc1ccc(CN2C(=O)COc3ccc(/C=C/C(=O)NO)cc32)cc1. The summed E-state index contributed by atoms with van der Waals surface area (Å²) in [6, 6.07) is 13.3. The molecule has 0 fully saturated rings. The number of hydrogen-bond donors (Lipinski definition) is 2. The molecule has 6 heteroatoms. The molecule has 1 aliphatic rings. The molecule has 0 aliphatic carbocycles. The van der Waals surface area contributed by atoms with E-state index in [-0.39, 0.29) is 12.5 Å². The summed E-state index contributed by atoms with van der Waals surface area (Å²) in [4.78, 5) is 25.1. The molecule has 6 nitrogen and oxygen atoms in total. The summed E-state index contributed by atoms with van der Waals surface area (Å²) < 4.78 is 5.49. The molecule has 3 rings (SSSR count). The van der Waals surface area contributed by atoms with Gasteiger partial charge >= 0.3 is 0 Å². The second-order valence-electron chi connectivity index (χ2n) is 5.79. The number of ether oxygens (including phenoxy) is 1. The largest absolute Gasteiger partial charge is 0.482 e. The zero-order valence-corrected chi connectivity index (χ0v) is 13.7. The Labute approximate surface area is 145 Å². The lowest BCUT2D eigenvalue weighted by molar-refractivity contribution is -0.124. The van der Waals surface area contributed by atoms with Gasteiger partial charge in [0, 0.05) is 6.08 Å². The van der Waals surface area contributed by atoms with Crippen LogP contribution in [0.5, 0.6) is 5.75 Å². The van der Waals surface area contributed by atoms with Crippen molar-refractivity contribution in [2.45, 2.75) is 13.5 Å². The highest BCUT2D eigenvalue weighted by Crippen LogP contribution is 2.34. The highest BCUT2D eigenvalue weighted by molar-refractivity contribution is 5.98. The molecule has 0 spiro atoms. The second-order valence-corrected chi connectivity index (χ2v) is 5.79. The normalized spacial score (nSPS) is 13.5. The average molecular weight is 338 g/mol. The van der Waals surface area contributed by atoms with Crippen LogP contribution in [-0.4, -0.2) is 23.6 Å². The van der Waals surface area contributed by atoms with E-state index in [2.05, 4.69) is 0 Å². The van der Waals surface area contributed by atoms with E-state index >= 15 is 0 Å². The molecule has 2 aromatic carbocycles. The third kappa shape index (κ3) is 3.87. The van der Waals surface area contributed by atoms with Crippen molar-refractivity contribution < 1.29 is 19.5 Å². The minimum absolute atomic E-state index is 0.000958. The third-order valence-corrected chi connectivity index (χ3v) is 3.92. The molecule has 1 aliphatic heterocycles. The maximum absolute atomic E-state index is 12.3. The maximum atomic E-state index is 12.3. The molecular weight excluding hydrogens is 320 g/mol. The fourth-order valence-electron chi connectivity index (χ4n) is 2.58. The predicted octanol–water partition coefficient (Wildman–Crippen LogP) is 2.44. The van der Waals surface area contributed by atoms with E-state index in [1.165, 1.54) is 11.6 Å². The fraction of sp³-hybridized carbons (Fsp3) is 0.158. The van der Waals surface area contributed by atoms with Crippen LogP contribution < -0.4 is 15.1 Å². The van der Waals surface area contributed by atoms with Gasteiger partial charge in [0.15, 0.2) is 6.61 Å². The Bertz CT molecular complexity index is 828. The Morgan fingerprint density at radius 2 is 2.04 bits per heavy atom. The first-order valence-corrected chi connectivity index (χ1v) is 7.82. The average Bonchev–Trinajstić information content (AvgIpc) is 2.63. The van der Waals surface area contributed by atoms with Gasteiger partial charge in [0.05, 0.1) is 12.2 Å². The molecule has 0 saturated heterocycles. The number of hydrogen-bond acceptors (Lipinski definition) is 4. The number of carbonyl (C=O) groups is 2. The molecule has 2 amide bonds. The number of nitrogens with zero attached hydrogens (tertiary/aromatic N) is 1. The van der Waals surface area contributed by atoms with E-state index < -0.39 is 5.91 Å². The van der Waals surface area contributed by atoms with Crippen molar-refractivity contribution in [2.75, 3.05) is 11.5 Å². The number of aryl methyl sites for hydroxylation is 1. The van der Waals surface area contributed by atoms with Gasteiger partial charge in [0.1, 0.15) is 5.75 Å². The van der Waals surface area contributed by atoms with Crippen LogP contribution in [0.15, 0.2) is 48.5 Å². The molecule has 2 N–H and O–H groups in total. The number of fused-ring (bicyclic) bond motifs is 1. The zero-order valence-electron chi connectivity index (χ0n) is 13.7. The van der Waals surface area contributed by atoms with Crippen LogP contribution in [0.4, 0.5) is 5.69 Å². The highest BCUT2D eigenvalue weighted by atomic mass is 16.5. The van der Waals surface area contributed by atoms with Crippen LogP contribution in [0.3, 0.4) is 0 Å². The molecule has 0 saturated carbocycles. The first kappa shape index (κ1) is 16.7. The molecule has 0 atom stereocenters. The zero-order chi connectivity index (χ0) is 17.8. The van der Waals surface area contributed by atoms with Crippen LogP contribution in [0.2, 0.25) is 0 Å². The Balaban J connectivity index is 1.90. The predicted molar refractivity (Wildman–Crippen MR) is 93.3 cm³/mol. The summed E-state index contributed by atoms with van der Waals surface area (Å²) in [7, 11) is 0. The van der Waals surface area contributed by atoms with Gasteiger partial charge in [-0.15, -0.1) is 0 Å². The standard InChI is InChI=1S/C19H18N2O4/c1-13-2-4-15(5-3-13)11-21-16-10-14(7-9-18(22)20-24)6-8-17(16)25-12-19(21)23/h2-10,24H,11-12H2,1H3,(H,20,22)/b9-7+. The minimum atomic E-state index is -0.624. The Hall–Kier alpha value is -3.12. The Morgan fingerprint density at radius 1 is 1.28 bits per heavy atom. The Morgan fingerprint density at radius 3 is 2.76 bits per heavy atom. The third-order valence-electron chi connectivity index (χ3n) is 3.92. The number of nitrogens with one attached hydrogen (secondary N) is 1. The molecule has 2 aromatic rings. The van der Waals surface area contributed by atoms with Gasteiger partial charge in [-0.1, -0.05) is 35.9 Å². The lowest BCUT2D eigenvalue weighted by atomic mass is 10.1. The quantitative estimate of drug-likeness (QED) is 0.510. The molecule has 25 heavy (non-hydrogen) atoms. The maximum Gasteiger partial charge on any atom is 0.267 e. The summed E-state index contributed by atoms with van der Waals surface area (Å²) in [6.45, 7) is 2.46. The second kappa shape index (κ2) is 7.19. The molecule has 0 aromatic heterocycles. The number of anilines is 1.